The molecular weight excluding hydrogens is 377 g/mol. The fourth-order valence-electron chi connectivity index (χ4n) is 4.15. The Morgan fingerprint density at radius 3 is 2.60 bits per heavy atom. The minimum atomic E-state index is -0.250. The highest BCUT2D eigenvalue weighted by molar-refractivity contribution is 5.92. The van der Waals surface area contributed by atoms with Crippen LogP contribution in [0.25, 0.3) is 27.9 Å². The fourth-order valence-corrected chi connectivity index (χ4v) is 4.15. The molecule has 1 aliphatic rings. The third-order valence-electron chi connectivity index (χ3n) is 5.80. The Hall–Kier alpha value is -3.09. The monoisotopic (exact) mass is 401 g/mol. The van der Waals surface area contributed by atoms with E-state index >= 15 is 0 Å². The summed E-state index contributed by atoms with van der Waals surface area (Å²) in [6, 6.07) is 15.3. The maximum absolute atomic E-state index is 13.5. The summed E-state index contributed by atoms with van der Waals surface area (Å²) in [7, 11) is 0. The Balaban J connectivity index is 1.60. The quantitative estimate of drug-likeness (QED) is 0.562. The lowest BCUT2D eigenvalue weighted by atomic mass is 10.0. The number of hydrogen-bond donors (Lipinski definition) is 1. The molecule has 4 heterocycles. The molecule has 152 valence electrons. The molecule has 30 heavy (non-hydrogen) atoms. The molecule has 5 nitrogen and oxygen atoms in total. The molecule has 0 bridgehead atoms. The summed E-state index contributed by atoms with van der Waals surface area (Å²) in [4.78, 5) is 6.64. The molecule has 1 fully saturated rings. The Morgan fingerprint density at radius 1 is 1.03 bits per heavy atom. The van der Waals surface area contributed by atoms with Crippen LogP contribution in [0.1, 0.15) is 12.5 Å². The minimum absolute atomic E-state index is 0.250. The molecule has 0 radical (unpaired) electrons. The number of piperazine rings is 1. The van der Waals surface area contributed by atoms with E-state index in [-0.39, 0.29) is 5.82 Å². The molecule has 0 saturated carbocycles. The van der Waals surface area contributed by atoms with Crippen molar-refractivity contribution in [2.45, 2.75) is 19.5 Å². The van der Waals surface area contributed by atoms with Crippen LogP contribution < -0.4 is 5.32 Å². The Kier molecular flexibility index (Phi) is 5.02. The lowest BCUT2D eigenvalue weighted by Crippen LogP contribution is -2.49. The van der Waals surface area contributed by atoms with Gasteiger partial charge in [0.1, 0.15) is 11.5 Å². The second kappa shape index (κ2) is 7.97. The highest BCUT2D eigenvalue weighted by Crippen LogP contribution is 2.35. The van der Waals surface area contributed by atoms with Gasteiger partial charge in [-0.3, -0.25) is 9.88 Å². The van der Waals surface area contributed by atoms with Crippen LogP contribution >= 0.6 is 0 Å². The van der Waals surface area contributed by atoms with Gasteiger partial charge in [-0.25, -0.2) is 8.91 Å². The maximum atomic E-state index is 13.5. The van der Waals surface area contributed by atoms with E-state index in [1.54, 1.807) is 24.5 Å². The van der Waals surface area contributed by atoms with Gasteiger partial charge in [-0.15, -0.1) is 0 Å². The predicted molar refractivity (Wildman–Crippen MR) is 117 cm³/mol. The van der Waals surface area contributed by atoms with Crippen LogP contribution in [0.4, 0.5) is 4.39 Å². The van der Waals surface area contributed by atoms with E-state index in [9.17, 15) is 4.39 Å². The normalized spacial score (nSPS) is 17.5. The lowest BCUT2D eigenvalue weighted by molar-refractivity contribution is 0.165. The van der Waals surface area contributed by atoms with E-state index in [1.807, 2.05) is 16.6 Å². The number of nitrogens with one attached hydrogen (secondary N) is 1. The summed E-state index contributed by atoms with van der Waals surface area (Å²) in [6.45, 7) is 6.24. The summed E-state index contributed by atoms with van der Waals surface area (Å²) in [5, 5.41) is 8.34. The van der Waals surface area contributed by atoms with E-state index in [4.69, 9.17) is 5.10 Å². The largest absolute Gasteiger partial charge is 0.314 e. The van der Waals surface area contributed by atoms with E-state index < -0.39 is 0 Å². The Morgan fingerprint density at radius 2 is 1.83 bits per heavy atom. The van der Waals surface area contributed by atoms with Crippen molar-refractivity contribution >= 4 is 5.52 Å². The van der Waals surface area contributed by atoms with Crippen molar-refractivity contribution in [3.63, 3.8) is 0 Å². The Labute approximate surface area is 175 Å². The van der Waals surface area contributed by atoms with Gasteiger partial charge >= 0.3 is 0 Å². The summed E-state index contributed by atoms with van der Waals surface area (Å²) in [5.41, 5.74) is 6.07. The van der Waals surface area contributed by atoms with E-state index in [2.05, 4.69) is 40.5 Å². The van der Waals surface area contributed by atoms with Gasteiger partial charge in [-0.1, -0.05) is 6.07 Å². The number of pyridine rings is 2. The first-order valence-corrected chi connectivity index (χ1v) is 10.3. The molecule has 1 N–H and O–H groups in total. The minimum Gasteiger partial charge on any atom is -0.314 e. The van der Waals surface area contributed by atoms with Crippen LogP contribution in [0.15, 0.2) is 67.1 Å². The molecule has 0 aliphatic carbocycles. The van der Waals surface area contributed by atoms with Gasteiger partial charge in [-0.2, -0.15) is 5.10 Å². The fraction of sp³-hybridized carbons (Fsp3) is 0.250. The lowest BCUT2D eigenvalue weighted by Gasteiger charge is -2.33. The average molecular weight is 401 g/mol. The Bertz CT molecular complexity index is 1150. The molecule has 4 aromatic rings. The summed E-state index contributed by atoms with van der Waals surface area (Å²) >= 11 is 0. The van der Waals surface area contributed by atoms with Gasteiger partial charge in [0, 0.05) is 61.9 Å². The van der Waals surface area contributed by atoms with Crippen molar-refractivity contribution < 1.29 is 4.39 Å². The van der Waals surface area contributed by atoms with Gasteiger partial charge in [-0.05, 0) is 60.5 Å². The van der Waals surface area contributed by atoms with Crippen molar-refractivity contribution in [3.05, 3.63) is 78.5 Å². The molecular formula is C24H24FN5. The van der Waals surface area contributed by atoms with Gasteiger partial charge < -0.3 is 5.32 Å². The second-order valence-electron chi connectivity index (χ2n) is 7.86. The van der Waals surface area contributed by atoms with Crippen LogP contribution in [0.5, 0.6) is 0 Å². The molecule has 1 aliphatic heterocycles. The van der Waals surface area contributed by atoms with Crippen molar-refractivity contribution in [3.8, 4) is 22.4 Å². The van der Waals surface area contributed by atoms with Crippen molar-refractivity contribution in [2.24, 2.45) is 0 Å². The molecule has 3 aromatic heterocycles. The summed E-state index contributed by atoms with van der Waals surface area (Å²) < 4.78 is 15.4. The van der Waals surface area contributed by atoms with Gasteiger partial charge in [0.2, 0.25) is 0 Å². The first-order valence-electron chi connectivity index (χ1n) is 10.3. The number of hydrogen-bond acceptors (Lipinski definition) is 4. The zero-order valence-corrected chi connectivity index (χ0v) is 16.9. The number of aromatic nitrogens is 3. The molecule has 5 rings (SSSR count). The van der Waals surface area contributed by atoms with Crippen molar-refractivity contribution in [1.82, 2.24) is 24.8 Å². The SMILES string of the molecule is C[C@@H]1CNCCN1Cc1ccc2c(-c3ccncc3)c(-c3ccc(F)cc3)nn2c1. The number of nitrogens with zero attached hydrogens (tertiary/aromatic N) is 4. The van der Waals surface area contributed by atoms with Gasteiger partial charge in [0.15, 0.2) is 0 Å². The third kappa shape index (κ3) is 3.60. The van der Waals surface area contributed by atoms with E-state index in [1.165, 1.54) is 17.7 Å². The van der Waals surface area contributed by atoms with Crippen molar-refractivity contribution in [1.29, 1.82) is 0 Å². The molecule has 1 aromatic carbocycles. The number of fused-ring (bicyclic) bond motifs is 1. The molecule has 1 atom stereocenters. The molecule has 0 amide bonds. The maximum Gasteiger partial charge on any atom is 0.123 e. The smallest absolute Gasteiger partial charge is 0.123 e. The van der Waals surface area contributed by atoms with Crippen molar-refractivity contribution in [2.75, 3.05) is 19.6 Å². The standard InChI is InChI=1S/C24H24FN5/c1-17-14-27-12-13-29(17)15-18-2-7-22-23(19-8-10-26-11-9-19)24(28-30(22)16-18)20-3-5-21(25)6-4-20/h2-11,16-17,27H,12-15H2,1H3/t17-/m1/s1. The first-order chi connectivity index (χ1) is 14.7. The average Bonchev–Trinajstić information content (AvgIpc) is 3.15. The van der Waals surface area contributed by atoms with E-state index in [0.717, 1.165) is 54.1 Å². The molecule has 1 saturated heterocycles. The van der Waals surface area contributed by atoms with Crippen LogP contribution in [-0.2, 0) is 6.54 Å². The highest BCUT2D eigenvalue weighted by Gasteiger charge is 2.20. The van der Waals surface area contributed by atoms with Crippen LogP contribution in [0.3, 0.4) is 0 Å². The molecule has 0 unspecified atom stereocenters. The van der Waals surface area contributed by atoms with Gasteiger partial charge in [0.05, 0.1) is 5.52 Å². The number of rotatable bonds is 4. The zero-order chi connectivity index (χ0) is 20.5. The molecule has 0 spiro atoms. The van der Waals surface area contributed by atoms with Gasteiger partial charge in [0.25, 0.3) is 0 Å². The predicted octanol–water partition coefficient (Wildman–Crippen LogP) is 4.00. The van der Waals surface area contributed by atoms with E-state index in [0.29, 0.717) is 6.04 Å². The third-order valence-corrected chi connectivity index (χ3v) is 5.80. The first kappa shape index (κ1) is 18.9. The van der Waals surface area contributed by atoms with Crippen LogP contribution in [-0.4, -0.2) is 45.2 Å². The summed E-state index contributed by atoms with van der Waals surface area (Å²) in [5.74, 6) is -0.250. The topological polar surface area (TPSA) is 45.5 Å². The summed E-state index contributed by atoms with van der Waals surface area (Å²) in [6.07, 6.45) is 5.68. The zero-order valence-electron chi connectivity index (χ0n) is 16.9. The van der Waals surface area contributed by atoms with Crippen LogP contribution in [0.2, 0.25) is 0 Å². The number of halogens is 1. The molecule has 6 heteroatoms. The number of benzene rings is 1. The highest BCUT2D eigenvalue weighted by atomic mass is 19.1. The van der Waals surface area contributed by atoms with Crippen LogP contribution in [0, 0.1) is 5.82 Å². The second-order valence-corrected chi connectivity index (χ2v) is 7.86.